The highest BCUT2D eigenvalue weighted by atomic mass is 32.2. The van der Waals surface area contributed by atoms with Crippen LogP contribution in [0.3, 0.4) is 0 Å². The number of aliphatic hydroxyl groups is 1. The van der Waals surface area contributed by atoms with Crippen molar-refractivity contribution < 1.29 is 41.0 Å². The minimum atomic E-state index is -4.51. The van der Waals surface area contributed by atoms with E-state index in [2.05, 4.69) is 10.6 Å². The monoisotopic (exact) mass is 648 g/mol. The highest BCUT2D eigenvalue weighted by molar-refractivity contribution is 7.89. The summed E-state index contributed by atoms with van der Waals surface area (Å²) in [5.41, 5.74) is -0.0161. The van der Waals surface area contributed by atoms with E-state index in [1.165, 1.54) is 34.5 Å². The number of urea groups is 1. The van der Waals surface area contributed by atoms with Gasteiger partial charge in [-0.25, -0.2) is 13.2 Å². The second kappa shape index (κ2) is 13.9. The Labute approximate surface area is 259 Å². The van der Waals surface area contributed by atoms with E-state index in [-0.39, 0.29) is 54.2 Å². The molecule has 3 amide bonds. The lowest BCUT2D eigenvalue weighted by molar-refractivity contribution is -0.137. The first kappa shape index (κ1) is 33.7. The number of hydrogen-bond donors (Lipinski definition) is 3. The van der Waals surface area contributed by atoms with E-state index < -0.39 is 39.9 Å². The molecule has 14 heteroatoms. The van der Waals surface area contributed by atoms with Crippen molar-refractivity contribution in [3.05, 3.63) is 83.9 Å². The van der Waals surface area contributed by atoms with E-state index in [1.54, 1.807) is 37.3 Å². The third-order valence-corrected chi connectivity index (χ3v) is 9.37. The highest BCUT2D eigenvalue weighted by Crippen LogP contribution is 2.31. The fraction of sp³-hybridized carbons (Fsp3) is 0.355. The summed E-state index contributed by atoms with van der Waals surface area (Å²) in [6, 6.07) is 15.3. The van der Waals surface area contributed by atoms with Gasteiger partial charge in [0, 0.05) is 36.4 Å². The third-order valence-electron chi connectivity index (χ3n) is 7.53. The molecule has 10 nitrogen and oxygen atoms in total. The number of anilines is 2. The number of nitrogens with one attached hydrogen (secondary N) is 2. The fourth-order valence-electron chi connectivity index (χ4n) is 4.89. The van der Waals surface area contributed by atoms with Gasteiger partial charge in [-0.05, 0) is 61.5 Å². The highest BCUT2D eigenvalue weighted by Gasteiger charge is 2.34. The molecule has 242 valence electrons. The molecule has 0 radical (unpaired) electrons. The summed E-state index contributed by atoms with van der Waals surface area (Å²) < 4.78 is 72.7. The Hall–Kier alpha value is -4.14. The summed E-state index contributed by atoms with van der Waals surface area (Å²) >= 11 is 0. The van der Waals surface area contributed by atoms with Gasteiger partial charge in [-0.3, -0.25) is 4.79 Å². The standard InChI is InChI=1S/C31H35F3N4O6S/c1-20-17-38(21(2)19-39)29(40)16-22-15-25(36-30(41)35-24-11-9-23(10-12-24)31(32,33)34)13-14-27(22)44-28(20)18-37(3)45(42,43)26-7-5-4-6-8-26/h4-15,20-21,28,39H,16-19H2,1-3H3,(H2,35,36,41)/t20-,21-,28-/m1/s1. The number of benzene rings is 3. The van der Waals surface area contributed by atoms with E-state index in [0.717, 1.165) is 24.3 Å². The van der Waals surface area contributed by atoms with Crippen molar-refractivity contribution in [2.75, 3.05) is 37.4 Å². The second-order valence-electron chi connectivity index (χ2n) is 11.0. The Morgan fingerprint density at radius 1 is 1.07 bits per heavy atom. The van der Waals surface area contributed by atoms with Crippen molar-refractivity contribution in [2.45, 2.75) is 43.5 Å². The van der Waals surface area contributed by atoms with Crippen LogP contribution in [0.15, 0.2) is 77.7 Å². The molecule has 0 fully saturated rings. The van der Waals surface area contributed by atoms with Crippen molar-refractivity contribution >= 4 is 33.3 Å². The van der Waals surface area contributed by atoms with Gasteiger partial charge in [0.15, 0.2) is 0 Å². The number of halogens is 3. The van der Waals surface area contributed by atoms with E-state index in [1.807, 2.05) is 6.92 Å². The van der Waals surface area contributed by atoms with Crippen molar-refractivity contribution in [3.63, 3.8) is 0 Å². The maximum absolute atomic E-state index is 13.4. The predicted molar refractivity (Wildman–Crippen MR) is 162 cm³/mol. The number of nitrogens with zero attached hydrogens (tertiary/aromatic N) is 2. The molecule has 0 saturated heterocycles. The van der Waals surface area contributed by atoms with Crippen LogP contribution in [0.1, 0.15) is 25.0 Å². The predicted octanol–water partition coefficient (Wildman–Crippen LogP) is 4.82. The molecule has 1 aliphatic rings. The topological polar surface area (TPSA) is 128 Å². The second-order valence-corrected chi connectivity index (χ2v) is 13.0. The fourth-order valence-corrected chi connectivity index (χ4v) is 6.09. The number of rotatable bonds is 8. The lowest BCUT2D eigenvalue weighted by Gasteiger charge is -2.33. The molecular weight excluding hydrogens is 613 g/mol. The number of amides is 3. The van der Waals surface area contributed by atoms with Gasteiger partial charge in [0.1, 0.15) is 11.9 Å². The Kier molecular flexibility index (Phi) is 10.4. The first-order chi connectivity index (χ1) is 21.2. The first-order valence-electron chi connectivity index (χ1n) is 14.2. The Bertz CT molecular complexity index is 1600. The van der Waals surface area contributed by atoms with Gasteiger partial charge in [-0.15, -0.1) is 0 Å². The van der Waals surface area contributed by atoms with Crippen LogP contribution in [0.5, 0.6) is 5.75 Å². The van der Waals surface area contributed by atoms with Crippen molar-refractivity contribution in [2.24, 2.45) is 5.92 Å². The molecule has 1 aliphatic heterocycles. The Morgan fingerprint density at radius 3 is 2.31 bits per heavy atom. The van der Waals surface area contributed by atoms with Crippen LogP contribution in [0.4, 0.5) is 29.3 Å². The molecule has 0 bridgehead atoms. The molecule has 3 N–H and O–H groups in total. The van der Waals surface area contributed by atoms with Crippen molar-refractivity contribution in [1.29, 1.82) is 0 Å². The summed E-state index contributed by atoms with van der Waals surface area (Å²) in [5.74, 6) is -0.335. The summed E-state index contributed by atoms with van der Waals surface area (Å²) in [6.07, 6.45) is -5.34. The molecular formula is C31H35F3N4O6S. The molecule has 3 aromatic rings. The molecule has 1 heterocycles. The van der Waals surface area contributed by atoms with Crippen LogP contribution >= 0.6 is 0 Å². The summed E-state index contributed by atoms with van der Waals surface area (Å²) in [4.78, 5) is 27.7. The average molecular weight is 649 g/mol. The van der Waals surface area contributed by atoms with E-state index in [9.17, 15) is 36.3 Å². The Morgan fingerprint density at radius 2 is 1.69 bits per heavy atom. The van der Waals surface area contributed by atoms with Crippen LogP contribution in [0.25, 0.3) is 0 Å². The zero-order chi connectivity index (χ0) is 32.9. The van der Waals surface area contributed by atoms with E-state index in [0.29, 0.717) is 11.3 Å². The molecule has 45 heavy (non-hydrogen) atoms. The van der Waals surface area contributed by atoms with E-state index >= 15 is 0 Å². The number of hydrogen-bond acceptors (Lipinski definition) is 6. The van der Waals surface area contributed by atoms with Crippen molar-refractivity contribution in [1.82, 2.24) is 9.21 Å². The lowest BCUT2D eigenvalue weighted by Crippen LogP contribution is -2.48. The third kappa shape index (κ3) is 8.32. The van der Waals surface area contributed by atoms with Gasteiger partial charge in [0.25, 0.3) is 0 Å². The minimum absolute atomic E-state index is 0.0388. The maximum atomic E-state index is 13.4. The molecule has 0 spiro atoms. The van der Waals surface area contributed by atoms with Gasteiger partial charge in [-0.1, -0.05) is 25.1 Å². The number of carbonyl (C=O) groups is 2. The molecule has 3 atom stereocenters. The van der Waals surface area contributed by atoms with Crippen LogP contribution in [-0.2, 0) is 27.4 Å². The molecule has 4 rings (SSSR count). The molecule has 3 aromatic carbocycles. The van der Waals surface area contributed by atoms with Gasteiger partial charge in [-0.2, -0.15) is 17.5 Å². The number of likely N-dealkylation sites (N-methyl/N-ethyl adjacent to an activating group) is 1. The van der Waals surface area contributed by atoms with Crippen molar-refractivity contribution in [3.8, 4) is 5.75 Å². The quantitative estimate of drug-likeness (QED) is 0.322. The maximum Gasteiger partial charge on any atom is 0.416 e. The van der Waals surface area contributed by atoms with Gasteiger partial charge in [0.2, 0.25) is 15.9 Å². The van der Waals surface area contributed by atoms with Crippen LogP contribution in [0.2, 0.25) is 0 Å². The summed E-state index contributed by atoms with van der Waals surface area (Å²) in [5, 5.41) is 14.9. The average Bonchev–Trinajstić information content (AvgIpc) is 3.04. The molecule has 0 saturated carbocycles. The van der Waals surface area contributed by atoms with Gasteiger partial charge < -0.3 is 25.4 Å². The zero-order valence-corrected chi connectivity index (χ0v) is 25.7. The number of fused-ring (bicyclic) bond motifs is 1. The summed E-state index contributed by atoms with van der Waals surface area (Å²) in [6.45, 7) is 3.41. The normalized spacial score (nSPS) is 18.2. The largest absolute Gasteiger partial charge is 0.488 e. The molecule has 0 aromatic heterocycles. The number of alkyl halides is 3. The number of carbonyl (C=O) groups excluding carboxylic acids is 2. The first-order valence-corrected chi connectivity index (χ1v) is 15.6. The van der Waals surface area contributed by atoms with Gasteiger partial charge in [0.05, 0.1) is 36.1 Å². The summed E-state index contributed by atoms with van der Waals surface area (Å²) in [7, 11) is -2.40. The van der Waals surface area contributed by atoms with Crippen LogP contribution in [0, 0.1) is 5.92 Å². The van der Waals surface area contributed by atoms with Crippen LogP contribution in [-0.4, -0.2) is 73.6 Å². The number of ether oxygens (including phenoxy) is 1. The smallest absolute Gasteiger partial charge is 0.416 e. The van der Waals surface area contributed by atoms with Gasteiger partial charge >= 0.3 is 12.2 Å². The number of sulfonamides is 1. The number of aliphatic hydroxyl groups excluding tert-OH is 1. The van der Waals surface area contributed by atoms with Crippen LogP contribution < -0.4 is 15.4 Å². The molecule has 0 unspecified atom stereocenters. The Balaban J connectivity index is 1.58. The lowest BCUT2D eigenvalue weighted by atomic mass is 10.0. The molecule has 0 aliphatic carbocycles. The minimum Gasteiger partial charge on any atom is -0.488 e. The van der Waals surface area contributed by atoms with E-state index in [4.69, 9.17) is 4.74 Å². The zero-order valence-electron chi connectivity index (χ0n) is 24.9. The SMILES string of the molecule is C[C@@H]1CN([C@H](C)CO)C(=O)Cc2cc(NC(=O)Nc3ccc(C(F)(F)F)cc3)ccc2O[C@@H]1CN(C)S(=O)(=O)c1ccccc1.